The van der Waals surface area contributed by atoms with Crippen molar-refractivity contribution in [3.63, 3.8) is 0 Å². The van der Waals surface area contributed by atoms with E-state index in [2.05, 4.69) is 15.9 Å². The van der Waals surface area contributed by atoms with E-state index in [1.165, 1.54) is 18.2 Å². The molecule has 0 bridgehead atoms. The Bertz CT molecular complexity index is 768. The standard InChI is InChI=1S/C14H7BrN2O4/c15-12-3-2-11(6-10(12)8-18)21-14-4-1-9(7-16)5-13(14)17(19)20/h1-6,8H. The molecule has 0 radical (unpaired) electrons. The highest BCUT2D eigenvalue weighted by molar-refractivity contribution is 9.10. The average Bonchev–Trinajstić information content (AvgIpc) is 2.49. The fourth-order valence-electron chi connectivity index (χ4n) is 1.62. The molecule has 0 spiro atoms. The van der Waals surface area contributed by atoms with Crippen molar-refractivity contribution in [2.24, 2.45) is 0 Å². The molecule has 21 heavy (non-hydrogen) atoms. The molecule has 0 heterocycles. The number of ether oxygens (including phenoxy) is 1. The van der Waals surface area contributed by atoms with E-state index in [1.807, 2.05) is 6.07 Å². The first kappa shape index (κ1) is 14.7. The molecular formula is C14H7BrN2O4. The maximum atomic E-state index is 11.0. The Morgan fingerprint density at radius 2 is 2.05 bits per heavy atom. The van der Waals surface area contributed by atoms with Gasteiger partial charge in [0.1, 0.15) is 5.75 Å². The van der Waals surface area contributed by atoms with E-state index in [0.29, 0.717) is 16.3 Å². The molecule has 0 aliphatic rings. The van der Waals surface area contributed by atoms with Gasteiger partial charge in [0.15, 0.2) is 6.29 Å². The monoisotopic (exact) mass is 346 g/mol. The van der Waals surface area contributed by atoms with Crippen molar-refractivity contribution >= 4 is 27.9 Å². The molecule has 0 unspecified atom stereocenters. The number of aldehydes is 1. The van der Waals surface area contributed by atoms with Crippen LogP contribution < -0.4 is 4.74 Å². The first-order valence-electron chi connectivity index (χ1n) is 5.66. The van der Waals surface area contributed by atoms with Gasteiger partial charge in [0.2, 0.25) is 5.75 Å². The highest BCUT2D eigenvalue weighted by Gasteiger charge is 2.17. The summed E-state index contributed by atoms with van der Waals surface area (Å²) in [5.74, 6) is 0.284. The van der Waals surface area contributed by atoms with Gasteiger partial charge in [0.05, 0.1) is 16.6 Å². The quantitative estimate of drug-likeness (QED) is 0.476. The minimum atomic E-state index is -0.629. The van der Waals surface area contributed by atoms with Crippen LogP contribution in [0, 0.1) is 21.4 Å². The van der Waals surface area contributed by atoms with Crippen LogP contribution in [-0.2, 0) is 0 Å². The Hall–Kier alpha value is -2.72. The fraction of sp³-hybridized carbons (Fsp3) is 0. The van der Waals surface area contributed by atoms with Crippen molar-refractivity contribution in [1.82, 2.24) is 0 Å². The molecule has 6 nitrogen and oxygen atoms in total. The second-order valence-electron chi connectivity index (χ2n) is 3.95. The van der Waals surface area contributed by atoms with E-state index in [4.69, 9.17) is 10.00 Å². The number of halogens is 1. The highest BCUT2D eigenvalue weighted by atomic mass is 79.9. The van der Waals surface area contributed by atoms with Crippen LogP contribution in [0.5, 0.6) is 11.5 Å². The molecule has 0 amide bonds. The zero-order chi connectivity index (χ0) is 15.4. The third-order valence-corrected chi connectivity index (χ3v) is 3.33. The zero-order valence-corrected chi connectivity index (χ0v) is 12.0. The summed E-state index contributed by atoms with van der Waals surface area (Å²) in [4.78, 5) is 21.2. The van der Waals surface area contributed by atoms with E-state index < -0.39 is 4.92 Å². The Morgan fingerprint density at radius 1 is 1.29 bits per heavy atom. The van der Waals surface area contributed by atoms with E-state index >= 15 is 0 Å². The molecule has 2 rings (SSSR count). The van der Waals surface area contributed by atoms with Crippen molar-refractivity contribution in [2.75, 3.05) is 0 Å². The van der Waals surface area contributed by atoms with Gasteiger partial charge in [-0.1, -0.05) is 15.9 Å². The van der Waals surface area contributed by atoms with Crippen molar-refractivity contribution < 1.29 is 14.5 Å². The number of nitro groups is 1. The van der Waals surface area contributed by atoms with E-state index in [9.17, 15) is 14.9 Å². The molecule has 0 saturated heterocycles. The van der Waals surface area contributed by atoms with Crippen LogP contribution in [0.4, 0.5) is 5.69 Å². The Labute approximate surface area is 127 Å². The lowest BCUT2D eigenvalue weighted by atomic mass is 10.2. The SMILES string of the molecule is N#Cc1ccc(Oc2ccc(Br)c(C=O)c2)c([N+](=O)[O-])c1. The van der Waals surface area contributed by atoms with Crippen LogP contribution in [0.25, 0.3) is 0 Å². The Balaban J connectivity index is 2.42. The smallest absolute Gasteiger partial charge is 0.312 e. The predicted octanol–water partition coefficient (Wildman–Crippen LogP) is 3.83. The Kier molecular flexibility index (Phi) is 4.30. The third-order valence-electron chi connectivity index (χ3n) is 2.61. The van der Waals surface area contributed by atoms with Crippen LogP contribution >= 0.6 is 15.9 Å². The zero-order valence-electron chi connectivity index (χ0n) is 10.4. The summed E-state index contributed by atoms with van der Waals surface area (Å²) in [5, 5.41) is 19.8. The van der Waals surface area contributed by atoms with Gasteiger partial charge < -0.3 is 4.74 Å². The number of benzene rings is 2. The maximum Gasteiger partial charge on any atom is 0.312 e. The van der Waals surface area contributed by atoms with Crippen LogP contribution in [0.1, 0.15) is 15.9 Å². The number of hydrogen-bond acceptors (Lipinski definition) is 5. The molecule has 2 aromatic carbocycles. The van der Waals surface area contributed by atoms with Crippen LogP contribution in [0.3, 0.4) is 0 Å². The van der Waals surface area contributed by atoms with Gasteiger partial charge in [-0.05, 0) is 30.3 Å². The van der Waals surface area contributed by atoms with E-state index in [-0.39, 0.29) is 22.7 Å². The lowest BCUT2D eigenvalue weighted by Gasteiger charge is -2.07. The summed E-state index contributed by atoms with van der Waals surface area (Å²) in [6.07, 6.45) is 0.643. The summed E-state index contributed by atoms with van der Waals surface area (Å²) in [5.41, 5.74) is 0.215. The van der Waals surface area contributed by atoms with Crippen molar-refractivity contribution in [3.05, 3.63) is 62.1 Å². The molecule has 104 valence electrons. The topological polar surface area (TPSA) is 93.2 Å². The van der Waals surface area contributed by atoms with Gasteiger partial charge in [-0.3, -0.25) is 14.9 Å². The minimum absolute atomic E-state index is 0.00169. The summed E-state index contributed by atoms with van der Waals surface area (Å²) < 4.78 is 6.03. The van der Waals surface area contributed by atoms with Gasteiger partial charge in [-0.25, -0.2) is 0 Å². The van der Waals surface area contributed by atoms with Crippen molar-refractivity contribution in [3.8, 4) is 17.6 Å². The summed E-state index contributed by atoms with van der Waals surface area (Å²) in [7, 11) is 0. The average molecular weight is 347 g/mol. The molecule has 0 atom stereocenters. The van der Waals surface area contributed by atoms with Crippen LogP contribution in [-0.4, -0.2) is 11.2 Å². The number of carbonyl (C=O) groups is 1. The summed E-state index contributed by atoms with van der Waals surface area (Å²) >= 11 is 3.20. The molecule has 0 aliphatic heterocycles. The van der Waals surface area contributed by atoms with Gasteiger partial charge >= 0.3 is 5.69 Å². The minimum Gasteiger partial charge on any atom is -0.450 e. The maximum absolute atomic E-state index is 11.0. The molecule has 0 aliphatic carbocycles. The largest absolute Gasteiger partial charge is 0.450 e. The number of nitro benzene ring substituents is 1. The van der Waals surface area contributed by atoms with Gasteiger partial charge in [0, 0.05) is 16.1 Å². The number of carbonyl (C=O) groups excluding carboxylic acids is 1. The van der Waals surface area contributed by atoms with Crippen molar-refractivity contribution in [2.45, 2.75) is 0 Å². The molecule has 0 aromatic heterocycles. The fourth-order valence-corrected chi connectivity index (χ4v) is 1.96. The lowest BCUT2D eigenvalue weighted by molar-refractivity contribution is -0.385. The third kappa shape index (κ3) is 3.24. The van der Waals surface area contributed by atoms with E-state index in [1.54, 1.807) is 12.1 Å². The van der Waals surface area contributed by atoms with Crippen molar-refractivity contribution in [1.29, 1.82) is 5.26 Å². The molecular weight excluding hydrogens is 340 g/mol. The Morgan fingerprint density at radius 3 is 2.67 bits per heavy atom. The number of nitrogens with zero attached hydrogens (tertiary/aromatic N) is 2. The van der Waals surface area contributed by atoms with E-state index in [0.717, 1.165) is 6.07 Å². The number of rotatable bonds is 4. The lowest BCUT2D eigenvalue weighted by Crippen LogP contribution is -1.95. The van der Waals surface area contributed by atoms with Crippen LogP contribution in [0.15, 0.2) is 40.9 Å². The second kappa shape index (κ2) is 6.15. The summed E-state index contributed by atoms with van der Waals surface area (Å²) in [6.45, 7) is 0. The van der Waals surface area contributed by atoms with Gasteiger partial charge in [-0.2, -0.15) is 5.26 Å². The van der Waals surface area contributed by atoms with Crippen LogP contribution in [0.2, 0.25) is 0 Å². The number of nitriles is 1. The molecule has 7 heteroatoms. The molecule has 0 saturated carbocycles. The van der Waals surface area contributed by atoms with Gasteiger partial charge in [-0.15, -0.1) is 0 Å². The van der Waals surface area contributed by atoms with Gasteiger partial charge in [0.25, 0.3) is 0 Å². The molecule has 0 N–H and O–H groups in total. The first-order chi connectivity index (χ1) is 10.0. The number of hydrogen-bond donors (Lipinski definition) is 0. The molecule has 0 fully saturated rings. The first-order valence-corrected chi connectivity index (χ1v) is 6.45. The molecule has 2 aromatic rings. The second-order valence-corrected chi connectivity index (χ2v) is 4.81. The highest BCUT2D eigenvalue weighted by Crippen LogP contribution is 2.33. The summed E-state index contributed by atoms with van der Waals surface area (Å²) in [6, 6.07) is 10.4. The normalized spacial score (nSPS) is 9.71. The predicted molar refractivity (Wildman–Crippen MR) is 77.4 cm³/mol.